The van der Waals surface area contributed by atoms with Crippen molar-refractivity contribution in [2.45, 2.75) is 25.4 Å². The van der Waals surface area contributed by atoms with E-state index in [0.29, 0.717) is 5.57 Å². The maximum absolute atomic E-state index is 14.3. The first-order chi connectivity index (χ1) is 12.5. The van der Waals surface area contributed by atoms with Gasteiger partial charge in [-0.1, -0.05) is 36.4 Å². The molecule has 26 heavy (non-hydrogen) atoms. The van der Waals surface area contributed by atoms with Gasteiger partial charge in [-0.2, -0.15) is 0 Å². The van der Waals surface area contributed by atoms with Crippen molar-refractivity contribution in [3.05, 3.63) is 77.4 Å². The van der Waals surface area contributed by atoms with Crippen molar-refractivity contribution >= 4 is 11.6 Å². The van der Waals surface area contributed by atoms with E-state index in [2.05, 4.69) is 0 Å². The van der Waals surface area contributed by atoms with Crippen molar-refractivity contribution in [2.24, 2.45) is 0 Å². The van der Waals surface area contributed by atoms with Gasteiger partial charge in [-0.25, -0.2) is 13.6 Å². The molecule has 2 aliphatic heterocycles. The van der Waals surface area contributed by atoms with Crippen LogP contribution in [0, 0.1) is 11.6 Å². The molecule has 134 valence electrons. The molecule has 4 rings (SSSR count). The molecule has 2 aromatic rings. The van der Waals surface area contributed by atoms with Gasteiger partial charge in [-0.3, -0.25) is 0 Å². The first kappa shape index (κ1) is 16.8. The molecule has 2 aliphatic rings. The van der Waals surface area contributed by atoms with Gasteiger partial charge in [-0.05, 0) is 42.7 Å². The summed E-state index contributed by atoms with van der Waals surface area (Å²) in [6.07, 6.45) is 2.87. The number of likely N-dealkylation sites (tertiary alicyclic amines) is 1. The second kappa shape index (κ2) is 6.56. The van der Waals surface area contributed by atoms with Crippen LogP contribution in [0.1, 0.15) is 30.5 Å². The first-order valence-electron chi connectivity index (χ1n) is 8.83. The Hall–Kier alpha value is -2.69. The van der Waals surface area contributed by atoms with Crippen LogP contribution in [0.2, 0.25) is 0 Å². The highest BCUT2D eigenvalue weighted by atomic mass is 19.1. The molecule has 0 saturated carbocycles. The van der Waals surface area contributed by atoms with E-state index in [0.717, 1.165) is 30.7 Å². The Labute approximate surface area is 151 Å². The van der Waals surface area contributed by atoms with Gasteiger partial charge in [0.25, 0.3) is 0 Å². The number of urea groups is 1. The molecule has 3 nitrogen and oxygen atoms in total. The van der Waals surface area contributed by atoms with E-state index in [4.69, 9.17) is 0 Å². The molecule has 0 aliphatic carbocycles. The van der Waals surface area contributed by atoms with Crippen molar-refractivity contribution in [2.75, 3.05) is 13.1 Å². The Kier molecular flexibility index (Phi) is 4.23. The summed E-state index contributed by atoms with van der Waals surface area (Å²) in [5.41, 5.74) is 1.82. The molecular weight excluding hydrogens is 334 g/mol. The summed E-state index contributed by atoms with van der Waals surface area (Å²) >= 11 is 0. The molecule has 0 aromatic heterocycles. The van der Waals surface area contributed by atoms with Gasteiger partial charge in [0.2, 0.25) is 0 Å². The normalized spacial score (nSPS) is 22.2. The summed E-state index contributed by atoms with van der Waals surface area (Å²) < 4.78 is 27.9. The first-order valence-corrected chi connectivity index (χ1v) is 8.83. The Morgan fingerprint density at radius 2 is 1.85 bits per heavy atom. The van der Waals surface area contributed by atoms with Gasteiger partial charge in [0.1, 0.15) is 11.6 Å². The molecule has 1 saturated heterocycles. The van der Waals surface area contributed by atoms with Crippen molar-refractivity contribution < 1.29 is 13.6 Å². The van der Waals surface area contributed by atoms with Crippen LogP contribution in [-0.4, -0.2) is 35.0 Å². The lowest BCUT2D eigenvalue weighted by atomic mass is 10.0. The van der Waals surface area contributed by atoms with Crippen LogP contribution in [0.15, 0.2) is 54.6 Å². The summed E-state index contributed by atoms with van der Waals surface area (Å²) in [7, 11) is 0. The van der Waals surface area contributed by atoms with Gasteiger partial charge < -0.3 is 9.80 Å². The molecule has 5 heteroatoms. The molecule has 2 aromatic carbocycles. The topological polar surface area (TPSA) is 23.6 Å². The molecule has 2 heterocycles. The molecule has 1 fully saturated rings. The number of halogens is 2. The third kappa shape index (κ3) is 2.87. The summed E-state index contributed by atoms with van der Waals surface area (Å²) in [5, 5.41) is 0. The van der Waals surface area contributed by atoms with Crippen LogP contribution in [0.5, 0.6) is 0 Å². The fourth-order valence-electron chi connectivity index (χ4n) is 3.61. The number of benzene rings is 2. The number of carbonyl (C=O) groups is 1. The Bertz CT molecular complexity index is 866. The smallest absolute Gasteiger partial charge is 0.321 e. The standard InChI is InChI=1S/C21H20F2N2O/c1-14-9-10-24(14)21(26)25-13-16(18-12-17(22)7-8-19(18)23)11-20(25)15-5-3-2-4-6-15/h2-8,11-12,14,20H,9-10,13H2,1H3. The SMILES string of the molecule is CC1CCN1C(=O)N1CC(c2cc(F)ccc2F)=CC1c1ccccc1. The highest BCUT2D eigenvalue weighted by Crippen LogP contribution is 2.37. The number of hydrogen-bond donors (Lipinski definition) is 0. The molecule has 2 atom stereocenters. The summed E-state index contributed by atoms with van der Waals surface area (Å²) in [6, 6.07) is 13.0. The molecule has 0 N–H and O–H groups in total. The van der Waals surface area contributed by atoms with Crippen molar-refractivity contribution in [3.8, 4) is 0 Å². The van der Waals surface area contributed by atoms with E-state index < -0.39 is 11.6 Å². The average Bonchev–Trinajstić information content (AvgIpc) is 3.08. The minimum atomic E-state index is -0.486. The van der Waals surface area contributed by atoms with Crippen LogP contribution in [0.3, 0.4) is 0 Å². The van der Waals surface area contributed by atoms with Crippen LogP contribution >= 0.6 is 0 Å². The van der Waals surface area contributed by atoms with Gasteiger partial charge in [0.05, 0.1) is 6.04 Å². The minimum absolute atomic E-state index is 0.0549. The summed E-state index contributed by atoms with van der Waals surface area (Å²) in [5.74, 6) is -0.962. The van der Waals surface area contributed by atoms with Gasteiger partial charge in [-0.15, -0.1) is 0 Å². The average molecular weight is 354 g/mol. The lowest BCUT2D eigenvalue weighted by Crippen LogP contribution is -2.54. The number of amides is 2. The van der Waals surface area contributed by atoms with Crippen molar-refractivity contribution in [3.63, 3.8) is 0 Å². The zero-order valence-corrected chi connectivity index (χ0v) is 14.5. The third-order valence-corrected chi connectivity index (χ3v) is 5.26. The maximum Gasteiger partial charge on any atom is 0.321 e. The molecular formula is C21H20F2N2O. The lowest BCUT2D eigenvalue weighted by Gasteiger charge is -2.42. The van der Waals surface area contributed by atoms with E-state index in [1.807, 2.05) is 48.2 Å². The van der Waals surface area contributed by atoms with Gasteiger partial charge >= 0.3 is 6.03 Å². The van der Waals surface area contributed by atoms with Gasteiger partial charge in [0, 0.05) is 24.7 Å². The quantitative estimate of drug-likeness (QED) is 0.772. The van der Waals surface area contributed by atoms with E-state index in [9.17, 15) is 13.6 Å². The highest BCUT2D eigenvalue weighted by molar-refractivity contribution is 5.83. The zero-order valence-electron chi connectivity index (χ0n) is 14.5. The van der Waals surface area contributed by atoms with Gasteiger partial charge in [0.15, 0.2) is 0 Å². The monoisotopic (exact) mass is 354 g/mol. The summed E-state index contributed by atoms with van der Waals surface area (Å²) in [6.45, 7) is 3.03. The van der Waals surface area contributed by atoms with Crippen LogP contribution < -0.4 is 0 Å². The second-order valence-corrected chi connectivity index (χ2v) is 6.91. The van der Waals surface area contributed by atoms with Crippen molar-refractivity contribution in [1.82, 2.24) is 9.80 Å². The summed E-state index contributed by atoms with van der Waals surface area (Å²) in [4.78, 5) is 16.6. The lowest BCUT2D eigenvalue weighted by molar-refractivity contribution is 0.0915. The predicted molar refractivity (Wildman–Crippen MR) is 96.4 cm³/mol. The predicted octanol–water partition coefficient (Wildman–Crippen LogP) is 4.62. The molecule has 0 spiro atoms. The van der Waals surface area contributed by atoms with E-state index in [1.165, 1.54) is 6.07 Å². The molecule has 2 amide bonds. The largest absolute Gasteiger partial charge is 0.322 e. The fraction of sp³-hybridized carbons (Fsp3) is 0.286. The molecule has 0 bridgehead atoms. The number of carbonyl (C=O) groups excluding carboxylic acids is 1. The van der Waals surface area contributed by atoms with E-state index >= 15 is 0 Å². The third-order valence-electron chi connectivity index (χ3n) is 5.26. The van der Waals surface area contributed by atoms with E-state index in [-0.39, 0.29) is 30.2 Å². The fourth-order valence-corrected chi connectivity index (χ4v) is 3.61. The number of nitrogens with zero attached hydrogens (tertiary/aromatic N) is 2. The van der Waals surface area contributed by atoms with E-state index in [1.54, 1.807) is 4.90 Å². The van der Waals surface area contributed by atoms with Crippen LogP contribution in [0.4, 0.5) is 13.6 Å². The van der Waals surface area contributed by atoms with Crippen LogP contribution in [0.25, 0.3) is 5.57 Å². The second-order valence-electron chi connectivity index (χ2n) is 6.91. The Morgan fingerprint density at radius 3 is 2.50 bits per heavy atom. The Balaban J connectivity index is 1.71. The minimum Gasteiger partial charge on any atom is -0.322 e. The molecule has 2 unspecified atom stereocenters. The Morgan fingerprint density at radius 1 is 1.08 bits per heavy atom. The number of rotatable bonds is 2. The zero-order chi connectivity index (χ0) is 18.3. The number of hydrogen-bond acceptors (Lipinski definition) is 1. The highest BCUT2D eigenvalue weighted by Gasteiger charge is 2.38. The maximum atomic E-state index is 14.3. The van der Waals surface area contributed by atoms with Crippen LogP contribution in [-0.2, 0) is 0 Å². The van der Waals surface area contributed by atoms with Crippen molar-refractivity contribution in [1.29, 1.82) is 0 Å². The molecule has 0 radical (unpaired) electrons.